The van der Waals surface area contributed by atoms with Gasteiger partial charge in [-0.2, -0.15) is 0 Å². The van der Waals surface area contributed by atoms with E-state index >= 15 is 0 Å². The van der Waals surface area contributed by atoms with Crippen LogP contribution in [0.2, 0.25) is 0 Å². The Labute approximate surface area is 71.0 Å². The molecule has 0 radical (unpaired) electrons. The lowest BCUT2D eigenvalue weighted by Gasteiger charge is -2.13. The Balaban J connectivity index is 2.09. The zero-order valence-electron chi connectivity index (χ0n) is 6.99. The molecule has 0 aromatic carbocycles. The third-order valence-corrected chi connectivity index (χ3v) is 2.15. The van der Waals surface area contributed by atoms with E-state index in [2.05, 4.69) is 0 Å². The van der Waals surface area contributed by atoms with Crippen molar-refractivity contribution in [1.82, 2.24) is 4.90 Å². The van der Waals surface area contributed by atoms with Gasteiger partial charge in [-0.05, 0) is 25.0 Å². The minimum absolute atomic E-state index is 0.0116. The Bertz CT molecular complexity index is 275. The fraction of sp³-hybridized carbons (Fsp3) is 0.444. The van der Waals surface area contributed by atoms with Crippen molar-refractivity contribution in [3.8, 4) is 0 Å². The van der Waals surface area contributed by atoms with E-state index in [1.807, 2.05) is 7.05 Å². The predicted molar refractivity (Wildman–Crippen MR) is 43.8 cm³/mol. The number of hydrogen-bond donors (Lipinski definition) is 0. The van der Waals surface area contributed by atoms with Crippen molar-refractivity contribution in [1.29, 1.82) is 0 Å². The molecule has 1 aliphatic carbocycles. The van der Waals surface area contributed by atoms with E-state index in [0.29, 0.717) is 11.8 Å². The first-order valence-corrected chi connectivity index (χ1v) is 4.09. The molecular weight excluding hydrogens is 154 g/mol. The topological polar surface area (TPSA) is 33.5 Å². The normalized spacial score (nSPS) is 16.1. The van der Waals surface area contributed by atoms with Gasteiger partial charge in [-0.1, -0.05) is 0 Å². The summed E-state index contributed by atoms with van der Waals surface area (Å²) in [6.45, 7) is 0. The summed E-state index contributed by atoms with van der Waals surface area (Å²) in [5, 5.41) is 0. The molecule has 3 heteroatoms. The average molecular weight is 165 g/mol. The van der Waals surface area contributed by atoms with E-state index in [0.717, 1.165) is 12.8 Å². The van der Waals surface area contributed by atoms with Gasteiger partial charge >= 0.3 is 0 Å². The molecule has 0 bridgehead atoms. The highest BCUT2D eigenvalue weighted by Crippen LogP contribution is 2.26. The zero-order chi connectivity index (χ0) is 8.55. The lowest BCUT2D eigenvalue weighted by molar-refractivity contribution is 0.0753. The van der Waals surface area contributed by atoms with Crippen LogP contribution in [0.25, 0.3) is 0 Å². The lowest BCUT2D eigenvalue weighted by Crippen LogP contribution is -2.28. The highest BCUT2D eigenvalue weighted by molar-refractivity contribution is 5.91. The Morgan fingerprint density at radius 3 is 2.92 bits per heavy atom. The van der Waals surface area contributed by atoms with Gasteiger partial charge in [0.25, 0.3) is 5.91 Å². The monoisotopic (exact) mass is 165 g/mol. The molecule has 1 amide bonds. The molecule has 0 unspecified atom stereocenters. The molecule has 0 saturated heterocycles. The summed E-state index contributed by atoms with van der Waals surface area (Å²) in [7, 11) is 1.82. The first kappa shape index (κ1) is 7.40. The molecule has 1 aromatic heterocycles. The highest BCUT2D eigenvalue weighted by Gasteiger charge is 2.30. The Morgan fingerprint density at radius 2 is 2.42 bits per heavy atom. The molecular formula is C9H11NO2. The van der Waals surface area contributed by atoms with E-state index in [4.69, 9.17) is 4.42 Å². The molecule has 1 saturated carbocycles. The van der Waals surface area contributed by atoms with E-state index in [9.17, 15) is 4.79 Å². The molecule has 12 heavy (non-hydrogen) atoms. The summed E-state index contributed by atoms with van der Waals surface area (Å²) in [5.74, 6) is 0.423. The van der Waals surface area contributed by atoms with Crippen LogP contribution in [0.3, 0.4) is 0 Å². The van der Waals surface area contributed by atoms with Crippen LogP contribution in [-0.4, -0.2) is 23.9 Å². The lowest BCUT2D eigenvalue weighted by atomic mass is 10.4. The maximum absolute atomic E-state index is 11.5. The van der Waals surface area contributed by atoms with E-state index < -0.39 is 0 Å². The molecule has 64 valence electrons. The molecule has 2 rings (SSSR count). The number of rotatable bonds is 2. The molecule has 0 atom stereocenters. The van der Waals surface area contributed by atoms with Gasteiger partial charge in [-0.15, -0.1) is 0 Å². The van der Waals surface area contributed by atoms with Crippen molar-refractivity contribution in [2.24, 2.45) is 0 Å². The maximum atomic E-state index is 11.5. The van der Waals surface area contributed by atoms with Crippen LogP contribution in [-0.2, 0) is 0 Å². The maximum Gasteiger partial charge on any atom is 0.289 e. The quantitative estimate of drug-likeness (QED) is 0.665. The number of carbonyl (C=O) groups is 1. The van der Waals surface area contributed by atoms with Gasteiger partial charge in [0.2, 0.25) is 0 Å². The summed E-state index contributed by atoms with van der Waals surface area (Å²) in [6, 6.07) is 3.87. The van der Waals surface area contributed by atoms with Crippen LogP contribution < -0.4 is 0 Å². The van der Waals surface area contributed by atoms with Crippen LogP contribution in [0, 0.1) is 0 Å². The fourth-order valence-corrected chi connectivity index (χ4v) is 1.20. The second-order valence-electron chi connectivity index (χ2n) is 3.12. The first-order chi connectivity index (χ1) is 5.79. The molecule has 3 nitrogen and oxygen atoms in total. The van der Waals surface area contributed by atoms with Crippen molar-refractivity contribution in [2.45, 2.75) is 18.9 Å². The molecule has 0 aliphatic heterocycles. The smallest absolute Gasteiger partial charge is 0.289 e. The number of carbonyl (C=O) groups excluding carboxylic acids is 1. The van der Waals surface area contributed by atoms with E-state index in [-0.39, 0.29) is 5.91 Å². The minimum atomic E-state index is -0.0116. The van der Waals surface area contributed by atoms with Crippen LogP contribution in [0.15, 0.2) is 22.8 Å². The molecule has 1 fully saturated rings. The number of amides is 1. The minimum Gasteiger partial charge on any atom is -0.459 e. The SMILES string of the molecule is CN(C(=O)c1ccco1)C1CC1. The van der Waals surface area contributed by atoms with Crippen molar-refractivity contribution in [3.63, 3.8) is 0 Å². The van der Waals surface area contributed by atoms with Crippen LogP contribution >= 0.6 is 0 Å². The van der Waals surface area contributed by atoms with Crippen LogP contribution in [0.4, 0.5) is 0 Å². The molecule has 1 aromatic rings. The van der Waals surface area contributed by atoms with Gasteiger partial charge in [0.05, 0.1) is 6.26 Å². The number of furan rings is 1. The Hall–Kier alpha value is -1.25. The molecule has 1 heterocycles. The van der Waals surface area contributed by atoms with Crippen LogP contribution in [0.1, 0.15) is 23.4 Å². The van der Waals surface area contributed by atoms with Crippen molar-refractivity contribution in [3.05, 3.63) is 24.2 Å². The Kier molecular flexibility index (Phi) is 1.64. The molecule has 0 N–H and O–H groups in total. The highest BCUT2D eigenvalue weighted by atomic mass is 16.3. The van der Waals surface area contributed by atoms with Gasteiger partial charge in [-0.25, -0.2) is 0 Å². The second kappa shape index (κ2) is 2.66. The van der Waals surface area contributed by atoms with Crippen molar-refractivity contribution < 1.29 is 9.21 Å². The standard InChI is InChI=1S/C9H11NO2/c1-10(7-4-5-7)9(11)8-3-2-6-12-8/h2-3,6-7H,4-5H2,1H3. The number of hydrogen-bond acceptors (Lipinski definition) is 2. The molecule has 0 spiro atoms. The zero-order valence-corrected chi connectivity index (χ0v) is 6.99. The van der Waals surface area contributed by atoms with Gasteiger partial charge in [0.15, 0.2) is 5.76 Å². The van der Waals surface area contributed by atoms with Gasteiger partial charge in [0.1, 0.15) is 0 Å². The third kappa shape index (κ3) is 1.22. The van der Waals surface area contributed by atoms with Gasteiger partial charge in [0, 0.05) is 13.1 Å². The average Bonchev–Trinajstić information content (AvgIpc) is 2.79. The van der Waals surface area contributed by atoms with E-state index in [1.54, 1.807) is 17.0 Å². The summed E-state index contributed by atoms with van der Waals surface area (Å²) >= 11 is 0. The van der Waals surface area contributed by atoms with Gasteiger partial charge < -0.3 is 9.32 Å². The summed E-state index contributed by atoms with van der Waals surface area (Å²) < 4.78 is 5.00. The second-order valence-corrected chi connectivity index (χ2v) is 3.12. The van der Waals surface area contributed by atoms with E-state index in [1.165, 1.54) is 6.26 Å². The van der Waals surface area contributed by atoms with Crippen molar-refractivity contribution >= 4 is 5.91 Å². The molecule has 1 aliphatic rings. The summed E-state index contributed by atoms with van der Waals surface area (Å²) in [4.78, 5) is 13.3. The Morgan fingerprint density at radius 1 is 1.67 bits per heavy atom. The predicted octanol–water partition coefficient (Wildman–Crippen LogP) is 1.51. The number of nitrogens with zero attached hydrogens (tertiary/aromatic N) is 1. The third-order valence-electron chi connectivity index (χ3n) is 2.15. The summed E-state index contributed by atoms with van der Waals surface area (Å²) in [6.07, 6.45) is 3.78. The van der Waals surface area contributed by atoms with Crippen LogP contribution in [0.5, 0.6) is 0 Å². The first-order valence-electron chi connectivity index (χ1n) is 4.09. The van der Waals surface area contributed by atoms with Crippen molar-refractivity contribution in [2.75, 3.05) is 7.05 Å². The fourth-order valence-electron chi connectivity index (χ4n) is 1.20. The van der Waals surface area contributed by atoms with Gasteiger partial charge in [-0.3, -0.25) is 4.79 Å². The summed E-state index contributed by atoms with van der Waals surface area (Å²) in [5.41, 5.74) is 0. The largest absolute Gasteiger partial charge is 0.459 e.